The Morgan fingerprint density at radius 1 is 0.600 bits per heavy atom. The van der Waals surface area contributed by atoms with Crippen LogP contribution in [0.3, 0.4) is 0 Å². The average Bonchev–Trinajstić information content (AvgIpc) is 2.38. The van der Waals surface area contributed by atoms with Crippen molar-refractivity contribution in [1.29, 1.82) is 0 Å². The highest BCUT2D eigenvalue weighted by molar-refractivity contribution is 8.76. The van der Waals surface area contributed by atoms with Crippen LogP contribution in [-0.2, 0) is 0 Å². The molecule has 0 radical (unpaired) electrons. The second-order valence-electron chi connectivity index (χ2n) is 7.14. The van der Waals surface area contributed by atoms with Crippen molar-refractivity contribution in [3.63, 3.8) is 0 Å². The van der Waals surface area contributed by atoms with Crippen molar-refractivity contribution in [2.24, 2.45) is 5.41 Å². The molecular formula is C18H38S2. The fourth-order valence-electron chi connectivity index (χ4n) is 2.11. The molecule has 0 unspecified atom stereocenters. The first-order chi connectivity index (χ1) is 9.56. The van der Waals surface area contributed by atoms with Gasteiger partial charge in [-0.3, -0.25) is 0 Å². The van der Waals surface area contributed by atoms with Crippen molar-refractivity contribution in [1.82, 2.24) is 0 Å². The van der Waals surface area contributed by atoms with Crippen molar-refractivity contribution in [2.75, 3.05) is 11.5 Å². The van der Waals surface area contributed by atoms with Crippen molar-refractivity contribution < 1.29 is 0 Å². The lowest BCUT2D eigenvalue weighted by molar-refractivity contribution is 0.402. The molecule has 0 nitrogen and oxygen atoms in total. The summed E-state index contributed by atoms with van der Waals surface area (Å²) in [6.45, 7) is 9.29. The Morgan fingerprint density at radius 2 is 1.05 bits per heavy atom. The maximum absolute atomic E-state index is 2.33. The van der Waals surface area contributed by atoms with Crippen LogP contribution in [0.25, 0.3) is 0 Å². The zero-order valence-electron chi connectivity index (χ0n) is 14.5. The molecule has 0 spiro atoms. The van der Waals surface area contributed by atoms with Crippen LogP contribution < -0.4 is 0 Å². The van der Waals surface area contributed by atoms with Crippen LogP contribution in [0.1, 0.15) is 98.3 Å². The molecule has 0 rings (SSSR count). The molecule has 20 heavy (non-hydrogen) atoms. The van der Waals surface area contributed by atoms with Crippen LogP contribution in [0, 0.1) is 5.41 Å². The first-order valence-corrected chi connectivity index (χ1v) is 11.3. The molecule has 122 valence electrons. The Kier molecular flexibility index (Phi) is 15.1. The van der Waals surface area contributed by atoms with Gasteiger partial charge >= 0.3 is 0 Å². The summed E-state index contributed by atoms with van der Waals surface area (Å²) >= 11 is 0. The van der Waals surface area contributed by atoms with Crippen LogP contribution in [0.4, 0.5) is 0 Å². The van der Waals surface area contributed by atoms with Gasteiger partial charge in [-0.1, -0.05) is 107 Å². The number of hydrogen-bond donors (Lipinski definition) is 0. The van der Waals surface area contributed by atoms with Crippen molar-refractivity contribution >= 4 is 21.6 Å². The topological polar surface area (TPSA) is 0 Å². The third-order valence-corrected chi connectivity index (χ3v) is 6.09. The van der Waals surface area contributed by atoms with Gasteiger partial charge in [-0.15, -0.1) is 0 Å². The lowest BCUT2D eigenvalue weighted by Crippen LogP contribution is -2.05. The van der Waals surface area contributed by atoms with Gasteiger partial charge in [-0.05, 0) is 18.3 Å². The fraction of sp³-hybridized carbons (Fsp3) is 1.00. The molecule has 0 aromatic heterocycles. The molecule has 0 fully saturated rings. The highest BCUT2D eigenvalue weighted by atomic mass is 33.1. The van der Waals surface area contributed by atoms with E-state index in [1.165, 1.54) is 82.1 Å². The summed E-state index contributed by atoms with van der Waals surface area (Å²) in [6.07, 6.45) is 15.8. The SMILES string of the molecule is CCCCCCCCCCCCSSCCC(C)(C)C. The molecule has 2 heteroatoms. The zero-order valence-corrected chi connectivity index (χ0v) is 16.1. The van der Waals surface area contributed by atoms with E-state index in [9.17, 15) is 0 Å². The van der Waals surface area contributed by atoms with E-state index in [1.807, 2.05) is 0 Å². The molecule has 0 amide bonds. The Bertz CT molecular complexity index is 184. The molecule has 0 bridgehead atoms. The highest BCUT2D eigenvalue weighted by Gasteiger charge is 2.08. The van der Waals surface area contributed by atoms with E-state index in [-0.39, 0.29) is 0 Å². The molecule has 0 aliphatic heterocycles. The van der Waals surface area contributed by atoms with E-state index in [0.717, 1.165) is 0 Å². The summed E-state index contributed by atoms with van der Waals surface area (Å²) in [5, 5.41) is 0. The van der Waals surface area contributed by atoms with E-state index in [4.69, 9.17) is 0 Å². The Labute approximate surface area is 137 Å². The molecule has 0 aliphatic carbocycles. The fourth-order valence-corrected chi connectivity index (χ4v) is 4.68. The van der Waals surface area contributed by atoms with Crippen LogP contribution in [-0.4, -0.2) is 11.5 Å². The standard InChI is InChI=1S/C18H38S2/c1-5-6-7-8-9-10-11-12-13-14-16-19-20-17-15-18(2,3)4/h5-17H2,1-4H3. The monoisotopic (exact) mass is 318 g/mol. The summed E-state index contributed by atoms with van der Waals surface area (Å²) in [5.41, 5.74) is 0.505. The molecule has 0 atom stereocenters. The predicted molar refractivity (Wildman–Crippen MR) is 101 cm³/mol. The van der Waals surface area contributed by atoms with Crippen LogP contribution in [0.5, 0.6) is 0 Å². The van der Waals surface area contributed by atoms with E-state index in [2.05, 4.69) is 49.3 Å². The van der Waals surface area contributed by atoms with E-state index in [1.54, 1.807) is 0 Å². The van der Waals surface area contributed by atoms with E-state index in [0.29, 0.717) is 5.41 Å². The van der Waals surface area contributed by atoms with Gasteiger partial charge < -0.3 is 0 Å². The van der Waals surface area contributed by atoms with Gasteiger partial charge in [0.2, 0.25) is 0 Å². The third-order valence-electron chi connectivity index (χ3n) is 3.60. The zero-order chi connectivity index (χ0) is 15.1. The highest BCUT2D eigenvalue weighted by Crippen LogP contribution is 2.28. The lowest BCUT2D eigenvalue weighted by atomic mass is 9.94. The second kappa shape index (κ2) is 14.6. The van der Waals surface area contributed by atoms with Gasteiger partial charge in [0.05, 0.1) is 0 Å². The minimum absolute atomic E-state index is 0.505. The smallest absolute Gasteiger partial charge is 0.00419 e. The predicted octanol–water partition coefficient (Wildman–Crippen LogP) is 7.72. The molecule has 0 saturated carbocycles. The Hall–Kier alpha value is 0.700. The van der Waals surface area contributed by atoms with Gasteiger partial charge in [0.15, 0.2) is 0 Å². The van der Waals surface area contributed by atoms with Crippen LogP contribution in [0.2, 0.25) is 0 Å². The molecule has 0 aromatic carbocycles. The van der Waals surface area contributed by atoms with Gasteiger partial charge in [0.25, 0.3) is 0 Å². The summed E-state index contributed by atoms with van der Waals surface area (Å²) in [7, 11) is 4.16. The maximum atomic E-state index is 2.33. The molecule has 0 aromatic rings. The first kappa shape index (κ1) is 20.7. The van der Waals surface area contributed by atoms with Crippen LogP contribution in [0.15, 0.2) is 0 Å². The normalized spacial score (nSPS) is 12.0. The Morgan fingerprint density at radius 3 is 1.55 bits per heavy atom. The summed E-state index contributed by atoms with van der Waals surface area (Å²) in [6, 6.07) is 0. The molecule has 0 saturated heterocycles. The Balaban J connectivity index is 2.99. The summed E-state index contributed by atoms with van der Waals surface area (Å²) < 4.78 is 0. The largest absolute Gasteiger partial charge is 0.0942 e. The minimum Gasteiger partial charge on any atom is -0.0942 e. The molecule has 0 N–H and O–H groups in total. The molecule has 0 aliphatic rings. The average molecular weight is 319 g/mol. The van der Waals surface area contributed by atoms with Crippen molar-refractivity contribution in [3.8, 4) is 0 Å². The number of unbranched alkanes of at least 4 members (excludes halogenated alkanes) is 9. The second-order valence-corrected chi connectivity index (χ2v) is 9.84. The lowest BCUT2D eigenvalue weighted by Gasteiger charge is -2.16. The van der Waals surface area contributed by atoms with Gasteiger partial charge in [0, 0.05) is 11.5 Å². The maximum Gasteiger partial charge on any atom is 0.00419 e. The molecular weight excluding hydrogens is 280 g/mol. The van der Waals surface area contributed by atoms with Crippen LogP contribution >= 0.6 is 21.6 Å². The van der Waals surface area contributed by atoms with Gasteiger partial charge in [0.1, 0.15) is 0 Å². The van der Waals surface area contributed by atoms with E-state index >= 15 is 0 Å². The summed E-state index contributed by atoms with van der Waals surface area (Å²) in [5.74, 6) is 2.66. The minimum atomic E-state index is 0.505. The van der Waals surface area contributed by atoms with Gasteiger partial charge in [-0.2, -0.15) is 0 Å². The summed E-state index contributed by atoms with van der Waals surface area (Å²) in [4.78, 5) is 0. The van der Waals surface area contributed by atoms with Gasteiger partial charge in [-0.25, -0.2) is 0 Å². The van der Waals surface area contributed by atoms with E-state index < -0.39 is 0 Å². The third kappa shape index (κ3) is 18.7. The van der Waals surface area contributed by atoms with Crippen molar-refractivity contribution in [2.45, 2.75) is 98.3 Å². The quantitative estimate of drug-likeness (QED) is 0.237. The number of hydrogen-bond acceptors (Lipinski definition) is 2. The molecule has 0 heterocycles. The first-order valence-electron chi connectivity index (χ1n) is 8.80. The van der Waals surface area contributed by atoms with Crippen molar-refractivity contribution in [3.05, 3.63) is 0 Å². The number of rotatable bonds is 14.